The van der Waals surface area contributed by atoms with Gasteiger partial charge < -0.3 is 30.8 Å². The van der Waals surface area contributed by atoms with Crippen molar-refractivity contribution in [1.82, 2.24) is 5.32 Å². The zero-order valence-electron chi connectivity index (χ0n) is 14.1. The zero-order valence-corrected chi connectivity index (χ0v) is 14.1. The fraction of sp³-hybridized carbons (Fsp3) is 0.467. The number of phenols is 2. The third-order valence-corrected chi connectivity index (χ3v) is 3.19. The molecule has 0 heterocycles. The highest BCUT2D eigenvalue weighted by atomic mass is 16.4. The summed E-state index contributed by atoms with van der Waals surface area (Å²) in [5.74, 6) is -4.10. The van der Waals surface area contributed by atoms with E-state index in [1.807, 2.05) is 6.92 Å². The van der Waals surface area contributed by atoms with Crippen LogP contribution in [0.2, 0.25) is 0 Å². The van der Waals surface area contributed by atoms with Crippen LogP contribution in [0.1, 0.15) is 31.4 Å². The van der Waals surface area contributed by atoms with Gasteiger partial charge in [0.2, 0.25) is 0 Å². The second-order valence-electron chi connectivity index (χ2n) is 5.28. The molecule has 2 atom stereocenters. The maximum absolute atomic E-state index is 9.97. The fourth-order valence-corrected chi connectivity index (χ4v) is 1.79. The molecule has 0 saturated heterocycles. The Hall–Kier alpha value is -3.01. The number of carboxylic acid groups (broad SMARTS) is 2. The molecular weight excluding hydrogens is 348 g/mol. The molecule has 26 heavy (non-hydrogen) atoms. The number of carbonyl (C=O) groups is 2. The Morgan fingerprint density at radius 2 is 1.85 bits per heavy atom. The van der Waals surface area contributed by atoms with Gasteiger partial charge in [0.15, 0.2) is 11.5 Å². The molecule has 0 bridgehead atoms. The first kappa shape index (κ1) is 23.0. The Morgan fingerprint density at radius 3 is 2.35 bits per heavy atom. The molecule has 0 amide bonds. The standard InChI is InChI=1S/C13H20N4O3.C2H2O4/c1-9(3-2-6-16-17-14)15-8-13(20)10-4-5-11(18)12(19)7-10;3-1(4)2(5)6/h4-5,7,9,13,15,18-20H,2-3,6,8H2,1H3;(H,3,4)(H,5,6). The average Bonchev–Trinajstić information content (AvgIpc) is 2.59. The molecule has 1 rings (SSSR count). The smallest absolute Gasteiger partial charge is 0.414 e. The van der Waals surface area contributed by atoms with E-state index in [4.69, 9.17) is 25.3 Å². The molecule has 2 unspecified atom stereocenters. The van der Waals surface area contributed by atoms with Crippen molar-refractivity contribution in [2.24, 2.45) is 5.11 Å². The van der Waals surface area contributed by atoms with E-state index in [1.165, 1.54) is 12.1 Å². The van der Waals surface area contributed by atoms with Gasteiger partial charge in [0.05, 0.1) is 6.10 Å². The van der Waals surface area contributed by atoms with E-state index < -0.39 is 18.0 Å². The summed E-state index contributed by atoms with van der Waals surface area (Å²) in [6.45, 7) is 2.79. The van der Waals surface area contributed by atoms with Crippen molar-refractivity contribution >= 4 is 11.9 Å². The Bertz CT molecular complexity index is 635. The highest BCUT2D eigenvalue weighted by molar-refractivity contribution is 6.27. The fourth-order valence-electron chi connectivity index (χ4n) is 1.79. The van der Waals surface area contributed by atoms with Crippen LogP contribution in [0.3, 0.4) is 0 Å². The van der Waals surface area contributed by atoms with Crippen molar-refractivity contribution in [2.75, 3.05) is 13.1 Å². The van der Waals surface area contributed by atoms with Gasteiger partial charge >= 0.3 is 11.9 Å². The van der Waals surface area contributed by atoms with Gasteiger partial charge in [-0.25, -0.2) is 9.59 Å². The Kier molecular flexibility index (Phi) is 10.9. The summed E-state index contributed by atoms with van der Waals surface area (Å²) in [5, 5.41) is 49.9. The minimum atomic E-state index is -1.82. The number of hydrogen-bond acceptors (Lipinski definition) is 7. The molecule has 0 aliphatic rings. The van der Waals surface area contributed by atoms with E-state index in [2.05, 4.69) is 15.3 Å². The summed E-state index contributed by atoms with van der Waals surface area (Å²) < 4.78 is 0. The number of azide groups is 1. The van der Waals surface area contributed by atoms with Crippen LogP contribution < -0.4 is 5.32 Å². The maximum atomic E-state index is 9.97. The number of aliphatic hydroxyl groups excluding tert-OH is 1. The van der Waals surface area contributed by atoms with Gasteiger partial charge in [-0.2, -0.15) is 0 Å². The number of carboxylic acids is 2. The van der Waals surface area contributed by atoms with Crippen molar-refractivity contribution < 1.29 is 35.1 Å². The van der Waals surface area contributed by atoms with Gasteiger partial charge in [-0.15, -0.1) is 0 Å². The number of rotatable bonds is 8. The number of nitrogens with zero attached hydrogens (tertiary/aromatic N) is 3. The zero-order chi connectivity index (χ0) is 20.1. The molecular formula is C15H22N4O7. The molecule has 0 aliphatic heterocycles. The van der Waals surface area contributed by atoms with Crippen LogP contribution in [0.5, 0.6) is 11.5 Å². The van der Waals surface area contributed by atoms with Crippen LogP contribution in [0.25, 0.3) is 10.4 Å². The maximum Gasteiger partial charge on any atom is 0.414 e. The molecule has 0 aromatic heterocycles. The quantitative estimate of drug-likeness (QED) is 0.0984. The van der Waals surface area contributed by atoms with Crippen molar-refractivity contribution in [2.45, 2.75) is 31.9 Å². The monoisotopic (exact) mass is 370 g/mol. The van der Waals surface area contributed by atoms with Crippen LogP contribution in [0.15, 0.2) is 23.3 Å². The molecule has 11 nitrogen and oxygen atoms in total. The number of benzene rings is 1. The number of aliphatic carboxylic acids is 2. The Morgan fingerprint density at radius 1 is 1.23 bits per heavy atom. The van der Waals surface area contributed by atoms with Crippen LogP contribution in [0.4, 0.5) is 0 Å². The second-order valence-corrected chi connectivity index (χ2v) is 5.28. The third-order valence-electron chi connectivity index (χ3n) is 3.19. The topological polar surface area (TPSA) is 196 Å². The Balaban J connectivity index is 0.000000896. The number of aliphatic hydroxyl groups is 1. The minimum Gasteiger partial charge on any atom is -0.504 e. The third kappa shape index (κ3) is 9.98. The van der Waals surface area contributed by atoms with E-state index in [9.17, 15) is 15.3 Å². The van der Waals surface area contributed by atoms with Crippen LogP contribution in [-0.4, -0.2) is 56.6 Å². The molecule has 0 saturated carbocycles. The highest BCUT2D eigenvalue weighted by Crippen LogP contribution is 2.27. The minimum absolute atomic E-state index is 0.184. The lowest BCUT2D eigenvalue weighted by Crippen LogP contribution is -2.30. The Labute approximate surface area is 149 Å². The largest absolute Gasteiger partial charge is 0.504 e. The highest BCUT2D eigenvalue weighted by Gasteiger charge is 2.11. The molecule has 0 aliphatic carbocycles. The van der Waals surface area contributed by atoms with Crippen LogP contribution >= 0.6 is 0 Å². The molecule has 0 radical (unpaired) electrons. The lowest BCUT2D eigenvalue weighted by Gasteiger charge is -2.17. The molecule has 1 aromatic carbocycles. The number of hydrogen-bond donors (Lipinski definition) is 6. The first-order valence-electron chi connectivity index (χ1n) is 7.59. The summed E-state index contributed by atoms with van der Waals surface area (Å²) in [7, 11) is 0. The van der Waals surface area contributed by atoms with E-state index in [0.717, 1.165) is 12.8 Å². The van der Waals surface area contributed by atoms with Gasteiger partial charge in [0.25, 0.3) is 0 Å². The SMILES string of the molecule is CC(CCCN=[N+]=[N-])NCC(O)c1ccc(O)c(O)c1.O=C(O)C(=O)O. The van der Waals surface area contributed by atoms with Gasteiger partial charge in [-0.1, -0.05) is 11.2 Å². The van der Waals surface area contributed by atoms with Gasteiger partial charge in [-0.05, 0) is 43.0 Å². The molecule has 0 spiro atoms. The summed E-state index contributed by atoms with van der Waals surface area (Å²) in [6.07, 6.45) is 0.863. The number of aromatic hydroxyl groups is 2. The van der Waals surface area contributed by atoms with E-state index in [0.29, 0.717) is 18.7 Å². The van der Waals surface area contributed by atoms with Crippen molar-refractivity contribution in [3.8, 4) is 11.5 Å². The molecule has 11 heteroatoms. The summed E-state index contributed by atoms with van der Waals surface area (Å²) in [4.78, 5) is 20.9. The summed E-state index contributed by atoms with van der Waals surface area (Å²) in [5.41, 5.74) is 8.68. The van der Waals surface area contributed by atoms with E-state index >= 15 is 0 Å². The molecule has 6 N–H and O–H groups in total. The molecule has 0 fully saturated rings. The van der Waals surface area contributed by atoms with Crippen molar-refractivity contribution in [3.63, 3.8) is 0 Å². The molecule has 1 aromatic rings. The number of phenolic OH excluding ortho intramolecular Hbond substituents is 2. The van der Waals surface area contributed by atoms with Gasteiger partial charge in [0, 0.05) is 24.0 Å². The normalized spacial score (nSPS) is 12.1. The van der Waals surface area contributed by atoms with E-state index in [1.54, 1.807) is 6.07 Å². The van der Waals surface area contributed by atoms with Crippen molar-refractivity contribution in [1.29, 1.82) is 0 Å². The first-order valence-corrected chi connectivity index (χ1v) is 7.59. The molecule has 144 valence electrons. The summed E-state index contributed by atoms with van der Waals surface area (Å²) >= 11 is 0. The van der Waals surface area contributed by atoms with Crippen LogP contribution in [0, 0.1) is 0 Å². The second kappa shape index (κ2) is 12.4. The predicted molar refractivity (Wildman–Crippen MR) is 90.7 cm³/mol. The van der Waals surface area contributed by atoms with Gasteiger partial charge in [-0.3, -0.25) is 0 Å². The number of nitrogens with one attached hydrogen (secondary N) is 1. The summed E-state index contributed by atoms with van der Waals surface area (Å²) in [6, 6.07) is 4.43. The lowest BCUT2D eigenvalue weighted by molar-refractivity contribution is -0.159. The van der Waals surface area contributed by atoms with E-state index in [-0.39, 0.29) is 17.5 Å². The average molecular weight is 370 g/mol. The van der Waals surface area contributed by atoms with Gasteiger partial charge in [0.1, 0.15) is 0 Å². The first-order chi connectivity index (χ1) is 12.2. The lowest BCUT2D eigenvalue weighted by atomic mass is 10.1. The predicted octanol–water partition coefficient (Wildman–Crippen LogP) is 1.36. The van der Waals surface area contributed by atoms with Crippen LogP contribution in [-0.2, 0) is 9.59 Å². The van der Waals surface area contributed by atoms with Crippen molar-refractivity contribution in [3.05, 3.63) is 34.2 Å².